The number of nitrogens with one attached hydrogen (secondary N) is 2. The number of unbranched alkanes of at least 4 members (excludes halogenated alkanes) is 1. The van der Waals surface area contributed by atoms with Crippen molar-refractivity contribution in [2.75, 3.05) is 29.6 Å². The maximum Gasteiger partial charge on any atom is 0.412 e. The van der Waals surface area contributed by atoms with Crippen molar-refractivity contribution in [3.8, 4) is 5.75 Å². The Morgan fingerprint density at radius 1 is 0.974 bits per heavy atom. The summed E-state index contributed by atoms with van der Waals surface area (Å²) < 4.78 is 11.4. The van der Waals surface area contributed by atoms with Crippen molar-refractivity contribution in [1.82, 2.24) is 0 Å². The second kappa shape index (κ2) is 14.9. The van der Waals surface area contributed by atoms with Crippen LogP contribution in [0.4, 0.5) is 21.9 Å². The molecular weight excluding hydrogens is 498 g/mol. The van der Waals surface area contributed by atoms with Crippen LogP contribution in [0.2, 0.25) is 0 Å². The Morgan fingerprint density at radius 2 is 1.69 bits per heavy atom. The molecule has 9 nitrogen and oxygen atoms in total. The molecule has 0 aliphatic rings. The van der Waals surface area contributed by atoms with Crippen molar-refractivity contribution in [3.05, 3.63) is 96.1 Å². The molecule has 0 radical (unpaired) electrons. The lowest BCUT2D eigenvalue weighted by Crippen LogP contribution is -2.18. The molecule has 3 rings (SSSR count). The lowest BCUT2D eigenvalue weighted by molar-refractivity contribution is -0.111. The number of para-hydroxylation sites is 3. The predicted molar refractivity (Wildman–Crippen MR) is 151 cm³/mol. The number of aliphatic hydroxyl groups excluding tert-OH is 1. The first-order valence-electron chi connectivity index (χ1n) is 12.6. The average Bonchev–Trinajstić information content (AvgIpc) is 2.93. The Bertz CT molecular complexity index is 1290. The van der Waals surface area contributed by atoms with Crippen molar-refractivity contribution >= 4 is 34.8 Å². The lowest BCUT2D eigenvalue weighted by Gasteiger charge is -2.21. The molecule has 0 aliphatic carbocycles. The number of allylic oxidation sites excluding steroid dienone is 1. The largest absolute Gasteiger partial charge is 0.491 e. The van der Waals surface area contributed by atoms with Crippen LogP contribution in [0.3, 0.4) is 0 Å². The van der Waals surface area contributed by atoms with Gasteiger partial charge in [-0.15, -0.1) is 0 Å². The number of Topliss-reactive ketones (excluding diaryl/α,β-unsaturated/α-hetero) is 1. The molecule has 3 aromatic carbocycles. The van der Waals surface area contributed by atoms with Crippen LogP contribution in [0.25, 0.3) is 0 Å². The van der Waals surface area contributed by atoms with Gasteiger partial charge in [-0.3, -0.25) is 14.9 Å². The number of ether oxygens (including phenoxy) is 2. The molecule has 5 N–H and O–H groups in total. The van der Waals surface area contributed by atoms with Crippen molar-refractivity contribution in [2.45, 2.75) is 32.3 Å². The first kappa shape index (κ1) is 28.9. The second-order valence-electron chi connectivity index (χ2n) is 8.67. The Kier molecular flexibility index (Phi) is 11.1. The Labute approximate surface area is 227 Å². The van der Waals surface area contributed by atoms with E-state index < -0.39 is 12.2 Å². The molecule has 0 fully saturated rings. The number of aliphatic hydroxyl groups is 1. The normalized spacial score (nSPS) is 11.5. The van der Waals surface area contributed by atoms with Crippen molar-refractivity contribution in [3.63, 3.8) is 0 Å². The van der Waals surface area contributed by atoms with Crippen molar-refractivity contribution in [1.29, 1.82) is 0 Å². The first-order chi connectivity index (χ1) is 18.9. The van der Waals surface area contributed by atoms with Crippen LogP contribution < -0.4 is 21.1 Å². The Balaban J connectivity index is 1.63. The van der Waals surface area contributed by atoms with Gasteiger partial charge in [-0.2, -0.15) is 0 Å². The molecule has 1 atom stereocenters. The number of benzene rings is 3. The fourth-order valence-electron chi connectivity index (χ4n) is 3.77. The zero-order valence-electron chi connectivity index (χ0n) is 21.8. The Morgan fingerprint density at radius 3 is 2.41 bits per heavy atom. The van der Waals surface area contributed by atoms with Gasteiger partial charge in [-0.25, -0.2) is 4.79 Å². The number of ketones is 1. The molecule has 0 unspecified atom stereocenters. The molecule has 0 aromatic heterocycles. The smallest absolute Gasteiger partial charge is 0.412 e. The molecule has 9 heteroatoms. The third-order valence-corrected chi connectivity index (χ3v) is 5.73. The van der Waals surface area contributed by atoms with Crippen LogP contribution in [0, 0.1) is 0 Å². The van der Waals surface area contributed by atoms with E-state index in [0.29, 0.717) is 53.2 Å². The number of carbonyl (C=O) groups is 3. The highest BCUT2D eigenvalue weighted by atomic mass is 16.6. The summed E-state index contributed by atoms with van der Waals surface area (Å²) in [6, 6.07) is 20.7. The van der Waals surface area contributed by atoms with E-state index in [1.807, 2.05) is 6.07 Å². The molecule has 39 heavy (non-hydrogen) atoms. The zero-order chi connectivity index (χ0) is 28.0. The highest BCUT2D eigenvalue weighted by Gasteiger charge is 2.21. The highest BCUT2D eigenvalue weighted by Crippen LogP contribution is 2.32. The monoisotopic (exact) mass is 531 g/mol. The van der Waals surface area contributed by atoms with E-state index in [2.05, 4.69) is 10.6 Å². The standard InChI is InChI=1S/C30H33N3O6/c1-21(35)22-15-17-23(18-16-22)32-30(37)39-28(24-9-5-8-12-27(24)38-20-19-34)13-3-2-4-14-29(36)33-26-11-7-6-10-25(26)31/h4-12,14-18,28,34H,2-3,13,19-20,31H2,1H3,(H,32,37)(H,33,36)/b14-4+/t28-/m1/s1. The molecule has 0 heterocycles. The molecular formula is C30H33N3O6. The number of nitrogens with two attached hydrogens (primary N) is 1. The molecule has 3 aromatic rings. The minimum absolute atomic E-state index is 0.0700. The minimum Gasteiger partial charge on any atom is -0.491 e. The van der Waals surface area contributed by atoms with E-state index in [1.165, 1.54) is 13.0 Å². The van der Waals surface area contributed by atoms with Gasteiger partial charge in [0.2, 0.25) is 5.91 Å². The maximum absolute atomic E-state index is 12.8. The van der Waals surface area contributed by atoms with Gasteiger partial charge in [0.05, 0.1) is 18.0 Å². The van der Waals surface area contributed by atoms with Crippen LogP contribution in [0.1, 0.15) is 48.2 Å². The van der Waals surface area contributed by atoms with Crippen molar-refractivity contribution in [2.24, 2.45) is 0 Å². The third kappa shape index (κ3) is 9.32. The quantitative estimate of drug-likeness (QED) is 0.0988. The third-order valence-electron chi connectivity index (χ3n) is 5.73. The molecule has 0 aliphatic heterocycles. The van der Waals surface area contributed by atoms with Gasteiger partial charge in [0.15, 0.2) is 5.78 Å². The van der Waals surface area contributed by atoms with E-state index in [0.717, 1.165) is 0 Å². The number of anilines is 3. The van der Waals surface area contributed by atoms with Gasteiger partial charge in [0.1, 0.15) is 18.5 Å². The summed E-state index contributed by atoms with van der Waals surface area (Å²) in [5, 5.41) is 14.6. The molecule has 2 amide bonds. The summed E-state index contributed by atoms with van der Waals surface area (Å²) >= 11 is 0. The summed E-state index contributed by atoms with van der Waals surface area (Å²) in [4.78, 5) is 36.5. The van der Waals surface area contributed by atoms with E-state index >= 15 is 0 Å². The molecule has 0 bridgehead atoms. The minimum atomic E-state index is -0.664. The number of amides is 2. The van der Waals surface area contributed by atoms with E-state index in [1.54, 1.807) is 72.8 Å². The van der Waals surface area contributed by atoms with E-state index in [4.69, 9.17) is 15.2 Å². The van der Waals surface area contributed by atoms with Crippen LogP contribution in [0.15, 0.2) is 84.9 Å². The van der Waals surface area contributed by atoms with Gasteiger partial charge in [0.25, 0.3) is 0 Å². The second-order valence-corrected chi connectivity index (χ2v) is 8.67. The van der Waals surface area contributed by atoms with Gasteiger partial charge in [0, 0.05) is 16.8 Å². The zero-order valence-corrected chi connectivity index (χ0v) is 21.8. The van der Waals surface area contributed by atoms with Gasteiger partial charge in [-0.1, -0.05) is 36.4 Å². The van der Waals surface area contributed by atoms with Gasteiger partial charge < -0.3 is 25.6 Å². The lowest BCUT2D eigenvalue weighted by atomic mass is 10.0. The van der Waals surface area contributed by atoms with Gasteiger partial charge in [-0.05, 0) is 74.7 Å². The molecule has 0 spiro atoms. The van der Waals surface area contributed by atoms with E-state index in [-0.39, 0.29) is 24.9 Å². The number of hydrogen-bond acceptors (Lipinski definition) is 7. The van der Waals surface area contributed by atoms with Crippen molar-refractivity contribution < 1.29 is 29.0 Å². The summed E-state index contributed by atoms with van der Waals surface area (Å²) in [6.45, 7) is 1.42. The SMILES string of the molecule is CC(=O)c1ccc(NC(=O)O[C@H](CCC/C=C/C(=O)Nc2ccccc2N)c2ccccc2OCCO)cc1. The van der Waals surface area contributed by atoms with E-state index in [9.17, 15) is 19.5 Å². The number of hydrogen-bond donors (Lipinski definition) is 4. The number of nitrogen functional groups attached to an aromatic ring is 1. The maximum atomic E-state index is 12.8. The van der Waals surface area contributed by atoms with Crippen LogP contribution in [-0.2, 0) is 9.53 Å². The van der Waals surface area contributed by atoms with Crippen LogP contribution in [-0.4, -0.2) is 36.1 Å². The first-order valence-corrected chi connectivity index (χ1v) is 12.6. The highest BCUT2D eigenvalue weighted by molar-refractivity contribution is 6.01. The summed E-state index contributed by atoms with van der Waals surface area (Å²) in [5.74, 6) is 0.142. The average molecular weight is 532 g/mol. The summed E-state index contributed by atoms with van der Waals surface area (Å²) in [7, 11) is 0. The summed E-state index contributed by atoms with van der Waals surface area (Å²) in [5.41, 5.74) is 8.57. The molecule has 0 saturated carbocycles. The van der Waals surface area contributed by atoms with Crippen LogP contribution in [0.5, 0.6) is 5.75 Å². The number of carbonyl (C=O) groups excluding carboxylic acids is 3. The molecule has 204 valence electrons. The Hall–Kier alpha value is -4.63. The predicted octanol–water partition coefficient (Wildman–Crippen LogP) is 5.50. The number of rotatable bonds is 13. The van der Waals surface area contributed by atoms with Crippen LogP contribution >= 0.6 is 0 Å². The topological polar surface area (TPSA) is 140 Å². The summed E-state index contributed by atoms with van der Waals surface area (Å²) in [6.07, 6.45) is 3.50. The van der Waals surface area contributed by atoms with Gasteiger partial charge >= 0.3 is 6.09 Å². The fourth-order valence-corrected chi connectivity index (χ4v) is 3.77. The fraction of sp³-hybridized carbons (Fsp3) is 0.233. The molecule has 0 saturated heterocycles.